The number of benzene rings is 1. The van der Waals surface area contributed by atoms with Gasteiger partial charge in [-0.15, -0.1) is 13.2 Å². The summed E-state index contributed by atoms with van der Waals surface area (Å²) in [7, 11) is 0. The second-order valence-corrected chi connectivity index (χ2v) is 4.86. The predicted molar refractivity (Wildman–Crippen MR) is 75.5 cm³/mol. The van der Waals surface area contributed by atoms with Crippen LogP contribution in [0.25, 0.3) is 0 Å². The zero-order valence-electron chi connectivity index (χ0n) is 10.9. The van der Waals surface area contributed by atoms with Gasteiger partial charge in [-0.05, 0) is 28.1 Å². The van der Waals surface area contributed by atoms with Crippen molar-refractivity contribution in [1.29, 1.82) is 0 Å². The van der Waals surface area contributed by atoms with Crippen molar-refractivity contribution in [2.24, 2.45) is 0 Å². The Hall–Kier alpha value is -1.83. The minimum absolute atomic E-state index is 0.295. The van der Waals surface area contributed by atoms with Gasteiger partial charge in [-0.2, -0.15) is 0 Å². The monoisotopic (exact) mass is 361 g/mol. The zero-order valence-corrected chi connectivity index (χ0v) is 12.5. The number of rotatable bonds is 4. The minimum atomic E-state index is -4.72. The Kier molecular flexibility index (Phi) is 4.66. The molecule has 2 rings (SSSR count). The lowest BCUT2D eigenvalue weighted by molar-refractivity contribution is -0.274. The Morgan fingerprint density at radius 1 is 1.24 bits per heavy atom. The summed E-state index contributed by atoms with van der Waals surface area (Å²) in [5.41, 5.74) is 0.435. The zero-order chi connectivity index (χ0) is 15.5. The van der Waals surface area contributed by atoms with E-state index >= 15 is 0 Å². The van der Waals surface area contributed by atoms with Crippen molar-refractivity contribution in [1.82, 2.24) is 9.97 Å². The summed E-state index contributed by atoms with van der Waals surface area (Å²) in [6, 6.07) is 7.18. The number of ether oxygens (including phenoxy) is 1. The molecule has 0 saturated heterocycles. The van der Waals surface area contributed by atoms with Crippen molar-refractivity contribution in [3.63, 3.8) is 0 Å². The normalized spacial score (nSPS) is 11.3. The molecule has 1 aromatic carbocycles. The van der Waals surface area contributed by atoms with Crippen LogP contribution in [0.15, 0.2) is 34.9 Å². The quantitative estimate of drug-likeness (QED) is 0.817. The van der Waals surface area contributed by atoms with Gasteiger partial charge in [-0.1, -0.05) is 13.0 Å². The number of alkyl halides is 3. The first-order valence-electron chi connectivity index (χ1n) is 6.02. The maximum absolute atomic E-state index is 12.2. The van der Waals surface area contributed by atoms with E-state index in [2.05, 4.69) is 36.0 Å². The third-order valence-electron chi connectivity index (χ3n) is 2.40. The Morgan fingerprint density at radius 3 is 2.67 bits per heavy atom. The van der Waals surface area contributed by atoms with Crippen LogP contribution in [0, 0.1) is 0 Å². The van der Waals surface area contributed by atoms with E-state index in [1.807, 2.05) is 6.92 Å². The third-order valence-corrected chi connectivity index (χ3v) is 2.80. The highest BCUT2D eigenvalue weighted by atomic mass is 79.9. The molecule has 0 atom stereocenters. The van der Waals surface area contributed by atoms with Gasteiger partial charge in [0.1, 0.15) is 22.0 Å². The van der Waals surface area contributed by atoms with Gasteiger partial charge in [-0.25, -0.2) is 9.97 Å². The highest BCUT2D eigenvalue weighted by Gasteiger charge is 2.31. The Labute approximate surface area is 127 Å². The smallest absolute Gasteiger partial charge is 0.406 e. The lowest BCUT2D eigenvalue weighted by Crippen LogP contribution is -2.17. The number of anilines is 2. The summed E-state index contributed by atoms with van der Waals surface area (Å²) in [4.78, 5) is 8.39. The Balaban J connectivity index is 2.20. The first-order chi connectivity index (χ1) is 9.85. The molecule has 112 valence electrons. The average Bonchev–Trinajstić information content (AvgIpc) is 2.36. The van der Waals surface area contributed by atoms with Crippen molar-refractivity contribution < 1.29 is 17.9 Å². The number of nitrogens with zero attached hydrogens (tertiary/aromatic N) is 2. The van der Waals surface area contributed by atoms with E-state index in [0.717, 1.165) is 0 Å². The first-order valence-corrected chi connectivity index (χ1v) is 6.81. The molecule has 1 aromatic heterocycles. The topological polar surface area (TPSA) is 47.0 Å². The number of hydrogen-bond donors (Lipinski definition) is 1. The molecule has 8 heteroatoms. The van der Waals surface area contributed by atoms with Crippen molar-refractivity contribution in [3.05, 3.63) is 40.8 Å². The molecule has 0 saturated carbocycles. The fraction of sp³-hybridized carbons (Fsp3) is 0.231. The Bertz CT molecular complexity index is 634. The molecule has 21 heavy (non-hydrogen) atoms. The molecule has 0 aliphatic carbocycles. The van der Waals surface area contributed by atoms with Crippen LogP contribution in [0.2, 0.25) is 0 Å². The largest absolute Gasteiger partial charge is 0.573 e. The highest BCUT2D eigenvalue weighted by Crippen LogP contribution is 2.26. The minimum Gasteiger partial charge on any atom is -0.406 e. The van der Waals surface area contributed by atoms with E-state index in [1.165, 1.54) is 18.2 Å². The second-order valence-electron chi connectivity index (χ2n) is 4.05. The lowest BCUT2D eigenvalue weighted by Gasteiger charge is -2.11. The summed E-state index contributed by atoms with van der Waals surface area (Å²) < 4.78 is 41.0. The summed E-state index contributed by atoms with van der Waals surface area (Å²) in [6.07, 6.45) is -4.07. The number of nitrogens with one attached hydrogen (secondary N) is 1. The van der Waals surface area contributed by atoms with Crippen LogP contribution in [-0.4, -0.2) is 16.3 Å². The van der Waals surface area contributed by atoms with Crippen LogP contribution in [0.5, 0.6) is 5.75 Å². The molecule has 0 amide bonds. The molecule has 0 aliphatic rings. The lowest BCUT2D eigenvalue weighted by atomic mass is 10.3. The number of aromatic nitrogens is 2. The standard InChI is InChI=1S/C13H11BrF3N3O/c1-2-11-19-10(14)7-12(20-11)18-8-4-3-5-9(6-8)21-13(15,16)17/h3-7H,2H2,1H3,(H,18,19,20). The van der Waals surface area contributed by atoms with Gasteiger partial charge in [0.05, 0.1) is 0 Å². The first kappa shape index (κ1) is 15.6. The molecule has 0 spiro atoms. The number of aryl methyl sites for hydroxylation is 1. The second kappa shape index (κ2) is 6.30. The van der Waals surface area contributed by atoms with Crippen LogP contribution in [0.1, 0.15) is 12.7 Å². The number of hydrogen-bond acceptors (Lipinski definition) is 4. The molecule has 4 nitrogen and oxygen atoms in total. The van der Waals surface area contributed by atoms with Crippen molar-refractivity contribution >= 4 is 27.4 Å². The molecule has 0 aliphatic heterocycles. The van der Waals surface area contributed by atoms with Gasteiger partial charge in [0.25, 0.3) is 0 Å². The molecule has 0 radical (unpaired) electrons. The maximum atomic E-state index is 12.2. The van der Waals surface area contributed by atoms with Gasteiger partial charge in [0.2, 0.25) is 0 Å². The van der Waals surface area contributed by atoms with Crippen LogP contribution in [0.3, 0.4) is 0 Å². The molecular weight excluding hydrogens is 351 g/mol. The van der Waals surface area contributed by atoms with Gasteiger partial charge in [0, 0.05) is 24.2 Å². The van der Waals surface area contributed by atoms with E-state index in [9.17, 15) is 13.2 Å². The summed E-state index contributed by atoms with van der Waals surface area (Å²) >= 11 is 3.26. The molecule has 0 fully saturated rings. The van der Waals surface area contributed by atoms with Gasteiger partial charge in [-0.3, -0.25) is 0 Å². The van der Waals surface area contributed by atoms with E-state index in [-0.39, 0.29) is 5.75 Å². The van der Waals surface area contributed by atoms with Crippen molar-refractivity contribution in [2.45, 2.75) is 19.7 Å². The molecule has 1 heterocycles. The molecule has 1 N–H and O–H groups in total. The molecule has 0 unspecified atom stereocenters. The molecule has 0 bridgehead atoms. The van der Waals surface area contributed by atoms with Crippen LogP contribution in [0.4, 0.5) is 24.7 Å². The van der Waals surface area contributed by atoms with E-state index in [1.54, 1.807) is 12.1 Å². The fourth-order valence-corrected chi connectivity index (χ4v) is 2.03. The SMILES string of the molecule is CCc1nc(Br)cc(Nc2cccc(OC(F)(F)F)c2)n1. The van der Waals surface area contributed by atoms with Gasteiger partial charge >= 0.3 is 6.36 Å². The maximum Gasteiger partial charge on any atom is 0.573 e. The Morgan fingerprint density at radius 2 is 2.00 bits per heavy atom. The highest BCUT2D eigenvalue weighted by molar-refractivity contribution is 9.10. The van der Waals surface area contributed by atoms with Gasteiger partial charge < -0.3 is 10.1 Å². The van der Waals surface area contributed by atoms with Crippen LogP contribution < -0.4 is 10.1 Å². The average molecular weight is 362 g/mol. The van der Waals surface area contributed by atoms with E-state index in [4.69, 9.17) is 0 Å². The van der Waals surface area contributed by atoms with E-state index in [0.29, 0.717) is 28.4 Å². The molecular formula is C13H11BrF3N3O. The molecule has 2 aromatic rings. The fourth-order valence-electron chi connectivity index (χ4n) is 1.61. The predicted octanol–water partition coefficient (Wildman–Crippen LogP) is 4.44. The van der Waals surface area contributed by atoms with E-state index < -0.39 is 6.36 Å². The number of halogens is 4. The van der Waals surface area contributed by atoms with Crippen molar-refractivity contribution in [2.75, 3.05) is 5.32 Å². The summed E-state index contributed by atoms with van der Waals surface area (Å²) in [5.74, 6) is 0.809. The van der Waals surface area contributed by atoms with Gasteiger partial charge in [0.15, 0.2) is 0 Å². The third kappa shape index (κ3) is 4.89. The van der Waals surface area contributed by atoms with Crippen molar-refractivity contribution in [3.8, 4) is 5.75 Å². The summed E-state index contributed by atoms with van der Waals surface area (Å²) in [6.45, 7) is 1.91. The summed E-state index contributed by atoms with van der Waals surface area (Å²) in [5, 5.41) is 2.92. The van der Waals surface area contributed by atoms with Crippen LogP contribution in [-0.2, 0) is 6.42 Å². The van der Waals surface area contributed by atoms with Crippen LogP contribution >= 0.6 is 15.9 Å².